The van der Waals surface area contributed by atoms with Crippen LogP contribution in [0.3, 0.4) is 0 Å². The van der Waals surface area contributed by atoms with Crippen LogP contribution in [0.25, 0.3) is 0 Å². The molecule has 1 aromatic rings. The molecule has 1 aromatic heterocycles. The highest BCUT2D eigenvalue weighted by Crippen LogP contribution is 2.26. The van der Waals surface area contributed by atoms with E-state index in [9.17, 15) is 8.42 Å². The molecule has 90 valence electrons. The number of hydrogen-bond donors (Lipinski definition) is 2. The van der Waals surface area contributed by atoms with Crippen molar-refractivity contribution in [3.8, 4) is 0 Å². The van der Waals surface area contributed by atoms with E-state index in [-0.39, 0.29) is 16.9 Å². The number of rotatable bonds is 4. The monoisotopic (exact) mass is 245 g/mol. The fourth-order valence-electron chi connectivity index (χ4n) is 1.72. The first-order chi connectivity index (χ1) is 7.47. The van der Waals surface area contributed by atoms with E-state index in [0.717, 1.165) is 0 Å². The van der Waals surface area contributed by atoms with Crippen LogP contribution in [0, 0.1) is 5.92 Å². The van der Waals surface area contributed by atoms with Gasteiger partial charge in [-0.25, -0.2) is 13.1 Å². The fraction of sp³-hybridized carbons (Fsp3) is 0.667. The summed E-state index contributed by atoms with van der Waals surface area (Å²) < 4.78 is 27.5. The predicted octanol–water partition coefficient (Wildman–Crippen LogP) is -0.531. The molecule has 0 unspecified atom stereocenters. The Morgan fingerprint density at radius 1 is 1.62 bits per heavy atom. The quantitative estimate of drug-likeness (QED) is 0.747. The molecule has 16 heavy (non-hydrogen) atoms. The maximum absolute atomic E-state index is 11.7. The summed E-state index contributed by atoms with van der Waals surface area (Å²) in [5.74, 6) is 0.251. The minimum Gasteiger partial charge on any atom is -0.393 e. The van der Waals surface area contributed by atoms with Gasteiger partial charge in [0.1, 0.15) is 4.90 Å². The molecule has 1 fully saturated rings. The number of nitrogens with zero attached hydrogens (tertiary/aromatic N) is 2. The number of aliphatic hydroxyl groups is 1. The highest BCUT2D eigenvalue weighted by atomic mass is 32.2. The number of sulfonamides is 1. The normalized spacial score (nSPS) is 25.4. The molecule has 0 saturated heterocycles. The van der Waals surface area contributed by atoms with Crippen molar-refractivity contribution in [3.63, 3.8) is 0 Å². The largest absolute Gasteiger partial charge is 0.393 e. The van der Waals surface area contributed by atoms with Crippen LogP contribution in [-0.4, -0.2) is 36.0 Å². The van der Waals surface area contributed by atoms with Gasteiger partial charge in [0, 0.05) is 19.8 Å². The molecule has 6 nitrogen and oxygen atoms in total. The maximum Gasteiger partial charge on any atom is 0.243 e. The molecular formula is C9H15N3O3S. The van der Waals surface area contributed by atoms with Gasteiger partial charge in [-0.2, -0.15) is 5.10 Å². The molecule has 1 heterocycles. The van der Waals surface area contributed by atoms with Crippen LogP contribution in [0.2, 0.25) is 0 Å². The molecule has 1 aliphatic carbocycles. The Hall–Kier alpha value is -0.920. The van der Waals surface area contributed by atoms with Crippen LogP contribution in [0.15, 0.2) is 17.3 Å². The summed E-state index contributed by atoms with van der Waals surface area (Å²) in [6.45, 7) is 0.383. The summed E-state index contributed by atoms with van der Waals surface area (Å²) in [6, 6.07) is 0. The molecule has 0 radical (unpaired) electrons. The van der Waals surface area contributed by atoms with Crippen molar-refractivity contribution in [2.75, 3.05) is 6.54 Å². The minimum absolute atomic E-state index is 0.176. The van der Waals surface area contributed by atoms with Gasteiger partial charge in [0.2, 0.25) is 10.0 Å². The standard InChI is InChI=1S/C9H15N3O3S/c1-12-6-9(5-10-12)16(14,15)11-4-7-2-8(13)3-7/h5-8,11,13H,2-4H2,1H3. The second kappa shape index (κ2) is 4.15. The second-order valence-electron chi connectivity index (χ2n) is 4.19. The molecule has 0 bridgehead atoms. The molecular weight excluding hydrogens is 230 g/mol. The van der Waals surface area contributed by atoms with Crippen LogP contribution in [0.1, 0.15) is 12.8 Å². The molecule has 0 aromatic carbocycles. The first kappa shape index (κ1) is 11.6. The topological polar surface area (TPSA) is 84.2 Å². The number of aryl methyl sites for hydroxylation is 1. The lowest BCUT2D eigenvalue weighted by Gasteiger charge is -2.31. The lowest BCUT2D eigenvalue weighted by atomic mass is 9.83. The van der Waals surface area contributed by atoms with E-state index < -0.39 is 10.0 Å². The lowest BCUT2D eigenvalue weighted by molar-refractivity contribution is 0.0453. The molecule has 0 aliphatic heterocycles. The third-order valence-corrected chi connectivity index (χ3v) is 4.14. The summed E-state index contributed by atoms with van der Waals surface area (Å²) in [5, 5.41) is 12.9. The van der Waals surface area contributed by atoms with Gasteiger partial charge in [0.15, 0.2) is 0 Å². The first-order valence-corrected chi connectivity index (χ1v) is 6.62. The maximum atomic E-state index is 11.7. The Balaban J connectivity index is 1.93. The van der Waals surface area contributed by atoms with Crippen molar-refractivity contribution in [1.82, 2.24) is 14.5 Å². The van der Waals surface area contributed by atoms with Crippen molar-refractivity contribution < 1.29 is 13.5 Å². The van der Waals surface area contributed by atoms with Gasteiger partial charge in [-0.3, -0.25) is 4.68 Å². The molecule has 1 aliphatic rings. The highest BCUT2D eigenvalue weighted by molar-refractivity contribution is 7.89. The van der Waals surface area contributed by atoms with Crippen LogP contribution in [0.5, 0.6) is 0 Å². The second-order valence-corrected chi connectivity index (χ2v) is 5.96. The molecule has 0 atom stereocenters. The summed E-state index contributed by atoms with van der Waals surface area (Å²) in [4.78, 5) is 0.176. The zero-order valence-electron chi connectivity index (χ0n) is 9.00. The number of aliphatic hydroxyl groups excluding tert-OH is 1. The van der Waals surface area contributed by atoms with Gasteiger partial charge in [-0.05, 0) is 18.8 Å². The van der Waals surface area contributed by atoms with Crippen molar-refractivity contribution in [1.29, 1.82) is 0 Å². The Morgan fingerprint density at radius 2 is 2.31 bits per heavy atom. The Bertz CT molecular complexity index is 462. The average Bonchev–Trinajstić information content (AvgIpc) is 2.58. The van der Waals surface area contributed by atoms with Crippen molar-refractivity contribution in [2.45, 2.75) is 23.8 Å². The molecule has 2 N–H and O–H groups in total. The van der Waals surface area contributed by atoms with Crippen LogP contribution in [-0.2, 0) is 17.1 Å². The van der Waals surface area contributed by atoms with E-state index in [0.29, 0.717) is 19.4 Å². The van der Waals surface area contributed by atoms with Gasteiger partial charge < -0.3 is 5.11 Å². The third-order valence-electron chi connectivity index (χ3n) is 2.76. The summed E-state index contributed by atoms with van der Waals surface area (Å²) in [7, 11) is -1.78. The van der Waals surface area contributed by atoms with E-state index >= 15 is 0 Å². The van der Waals surface area contributed by atoms with E-state index in [2.05, 4.69) is 9.82 Å². The van der Waals surface area contributed by atoms with Crippen LogP contribution >= 0.6 is 0 Å². The van der Waals surface area contributed by atoms with E-state index in [1.54, 1.807) is 7.05 Å². The fourth-order valence-corrected chi connectivity index (χ4v) is 2.81. The first-order valence-electron chi connectivity index (χ1n) is 5.14. The zero-order chi connectivity index (χ0) is 11.8. The molecule has 7 heteroatoms. The van der Waals surface area contributed by atoms with Crippen LogP contribution < -0.4 is 4.72 Å². The van der Waals surface area contributed by atoms with Crippen molar-refractivity contribution in [2.24, 2.45) is 13.0 Å². The third kappa shape index (κ3) is 2.42. The van der Waals surface area contributed by atoms with E-state index in [1.807, 2.05) is 0 Å². The number of nitrogens with one attached hydrogen (secondary N) is 1. The van der Waals surface area contributed by atoms with Gasteiger partial charge >= 0.3 is 0 Å². The lowest BCUT2D eigenvalue weighted by Crippen LogP contribution is -2.38. The van der Waals surface area contributed by atoms with Crippen molar-refractivity contribution >= 4 is 10.0 Å². The Kier molecular flexibility index (Phi) is 3.00. The molecule has 0 amide bonds. The Labute approximate surface area is 94.3 Å². The molecule has 1 saturated carbocycles. The predicted molar refractivity (Wildman–Crippen MR) is 57.1 cm³/mol. The van der Waals surface area contributed by atoms with Gasteiger partial charge in [-0.1, -0.05) is 0 Å². The minimum atomic E-state index is -3.44. The number of aromatic nitrogens is 2. The summed E-state index contributed by atoms with van der Waals surface area (Å²) in [6.07, 6.45) is 3.87. The zero-order valence-corrected chi connectivity index (χ0v) is 9.81. The van der Waals surface area contributed by atoms with Crippen molar-refractivity contribution in [3.05, 3.63) is 12.4 Å². The van der Waals surface area contributed by atoms with Gasteiger partial charge in [0.25, 0.3) is 0 Å². The van der Waals surface area contributed by atoms with Gasteiger partial charge in [-0.15, -0.1) is 0 Å². The highest BCUT2D eigenvalue weighted by Gasteiger charge is 2.28. The smallest absolute Gasteiger partial charge is 0.243 e. The summed E-state index contributed by atoms with van der Waals surface area (Å²) >= 11 is 0. The molecule has 2 rings (SSSR count). The van der Waals surface area contributed by atoms with E-state index in [1.165, 1.54) is 17.1 Å². The average molecular weight is 245 g/mol. The van der Waals surface area contributed by atoms with Gasteiger partial charge in [0.05, 0.1) is 12.3 Å². The molecule has 0 spiro atoms. The Morgan fingerprint density at radius 3 is 2.81 bits per heavy atom. The van der Waals surface area contributed by atoms with E-state index in [4.69, 9.17) is 5.11 Å². The number of hydrogen-bond acceptors (Lipinski definition) is 4. The van der Waals surface area contributed by atoms with Crippen LogP contribution in [0.4, 0.5) is 0 Å². The SMILES string of the molecule is Cn1cc(S(=O)(=O)NCC2CC(O)C2)cn1. The summed E-state index contributed by atoms with van der Waals surface area (Å²) in [5.41, 5.74) is 0.